The Labute approximate surface area is 128 Å². The SMILES string of the molecule is O=C(O)C1C2CCCC2CN1Cc1cc(Br)c(Br)o1. The van der Waals surface area contributed by atoms with Crippen LogP contribution in [0.3, 0.4) is 0 Å². The summed E-state index contributed by atoms with van der Waals surface area (Å²) in [6, 6.07) is 1.55. The zero-order valence-corrected chi connectivity index (χ0v) is 13.5. The van der Waals surface area contributed by atoms with E-state index in [1.54, 1.807) is 0 Å². The van der Waals surface area contributed by atoms with E-state index in [2.05, 4.69) is 36.8 Å². The second kappa shape index (κ2) is 5.22. The Bertz CT molecular complexity index is 483. The van der Waals surface area contributed by atoms with Crippen molar-refractivity contribution in [3.05, 3.63) is 21.0 Å². The van der Waals surface area contributed by atoms with E-state index in [9.17, 15) is 9.90 Å². The van der Waals surface area contributed by atoms with Gasteiger partial charge in [-0.15, -0.1) is 0 Å². The van der Waals surface area contributed by atoms with E-state index < -0.39 is 5.97 Å². The van der Waals surface area contributed by atoms with Crippen molar-refractivity contribution in [2.75, 3.05) is 6.54 Å². The molecule has 1 N–H and O–H groups in total. The summed E-state index contributed by atoms with van der Waals surface area (Å²) >= 11 is 6.69. The van der Waals surface area contributed by atoms with E-state index >= 15 is 0 Å². The number of furan rings is 1. The molecule has 19 heavy (non-hydrogen) atoms. The van der Waals surface area contributed by atoms with E-state index in [0.29, 0.717) is 23.1 Å². The fourth-order valence-electron chi connectivity index (χ4n) is 3.57. The van der Waals surface area contributed by atoms with Crippen molar-refractivity contribution in [1.82, 2.24) is 4.90 Å². The normalized spacial score (nSPS) is 30.7. The van der Waals surface area contributed by atoms with Gasteiger partial charge in [-0.2, -0.15) is 0 Å². The van der Waals surface area contributed by atoms with Crippen LogP contribution in [0.25, 0.3) is 0 Å². The van der Waals surface area contributed by atoms with Crippen molar-refractivity contribution in [3.63, 3.8) is 0 Å². The molecule has 1 aromatic rings. The molecule has 0 bridgehead atoms. The van der Waals surface area contributed by atoms with Gasteiger partial charge < -0.3 is 9.52 Å². The topological polar surface area (TPSA) is 53.7 Å². The molecule has 1 aromatic heterocycles. The Morgan fingerprint density at radius 1 is 1.47 bits per heavy atom. The molecule has 3 unspecified atom stereocenters. The lowest BCUT2D eigenvalue weighted by molar-refractivity contribution is -0.143. The van der Waals surface area contributed by atoms with Gasteiger partial charge in [-0.25, -0.2) is 0 Å². The summed E-state index contributed by atoms with van der Waals surface area (Å²) in [7, 11) is 0. The number of halogens is 2. The lowest BCUT2D eigenvalue weighted by Gasteiger charge is -2.22. The Balaban J connectivity index is 1.78. The molecular formula is C13H15Br2NO3. The number of likely N-dealkylation sites (tertiary alicyclic amines) is 1. The number of carboxylic acids is 1. The lowest BCUT2D eigenvalue weighted by Crippen LogP contribution is -2.39. The summed E-state index contributed by atoms with van der Waals surface area (Å²) in [5, 5.41) is 9.48. The van der Waals surface area contributed by atoms with Crippen LogP contribution in [0.15, 0.2) is 19.6 Å². The predicted molar refractivity (Wildman–Crippen MR) is 76.8 cm³/mol. The van der Waals surface area contributed by atoms with Crippen molar-refractivity contribution in [2.24, 2.45) is 11.8 Å². The first-order chi connectivity index (χ1) is 9.06. The molecule has 1 aliphatic heterocycles. The van der Waals surface area contributed by atoms with E-state index in [4.69, 9.17) is 4.42 Å². The predicted octanol–water partition coefficient (Wildman–Crippen LogP) is 3.49. The number of carbonyl (C=O) groups is 1. The Hall–Kier alpha value is -0.330. The van der Waals surface area contributed by atoms with Gasteiger partial charge in [-0.1, -0.05) is 6.42 Å². The van der Waals surface area contributed by atoms with Gasteiger partial charge in [0.25, 0.3) is 0 Å². The summed E-state index contributed by atoms with van der Waals surface area (Å²) in [5.41, 5.74) is 0. The molecule has 2 heterocycles. The first-order valence-electron chi connectivity index (χ1n) is 6.47. The monoisotopic (exact) mass is 391 g/mol. The second-order valence-corrected chi connectivity index (χ2v) is 6.98. The maximum Gasteiger partial charge on any atom is 0.321 e. The number of rotatable bonds is 3. The highest BCUT2D eigenvalue weighted by molar-refractivity contribution is 9.13. The van der Waals surface area contributed by atoms with Gasteiger partial charge in [0, 0.05) is 6.54 Å². The summed E-state index contributed by atoms with van der Waals surface area (Å²) in [6.07, 6.45) is 3.38. The number of aliphatic carboxylic acids is 1. The highest BCUT2D eigenvalue weighted by atomic mass is 79.9. The summed E-state index contributed by atoms with van der Waals surface area (Å²) in [4.78, 5) is 13.6. The van der Waals surface area contributed by atoms with Gasteiger partial charge in [0.05, 0.1) is 11.0 Å². The number of hydrogen-bond donors (Lipinski definition) is 1. The maximum absolute atomic E-state index is 11.5. The molecule has 104 valence electrons. The standard InChI is InChI=1S/C13H15Br2NO3/c14-10-4-8(19-12(10)15)6-16-5-7-2-1-3-9(7)11(16)13(17)18/h4,7,9,11H,1-3,5-6H2,(H,17,18). The van der Waals surface area contributed by atoms with Crippen LogP contribution in [0.2, 0.25) is 0 Å². The molecule has 2 fully saturated rings. The smallest absolute Gasteiger partial charge is 0.321 e. The van der Waals surface area contributed by atoms with Crippen LogP contribution in [-0.4, -0.2) is 28.6 Å². The largest absolute Gasteiger partial charge is 0.480 e. The van der Waals surface area contributed by atoms with Gasteiger partial charge in [0.2, 0.25) is 0 Å². The van der Waals surface area contributed by atoms with Gasteiger partial charge >= 0.3 is 5.97 Å². The third-order valence-electron chi connectivity index (χ3n) is 4.29. The Morgan fingerprint density at radius 3 is 2.89 bits per heavy atom. The molecule has 3 atom stereocenters. The van der Waals surface area contributed by atoms with Gasteiger partial charge in [0.15, 0.2) is 4.67 Å². The van der Waals surface area contributed by atoms with Gasteiger partial charge in [-0.05, 0) is 62.6 Å². The fraction of sp³-hybridized carbons (Fsp3) is 0.615. The molecular weight excluding hydrogens is 378 g/mol. The van der Waals surface area contributed by atoms with E-state index in [0.717, 1.165) is 29.6 Å². The summed E-state index contributed by atoms with van der Waals surface area (Å²) in [5.74, 6) is 0.964. The molecule has 0 amide bonds. The zero-order chi connectivity index (χ0) is 13.6. The number of fused-ring (bicyclic) bond motifs is 1. The van der Waals surface area contributed by atoms with Crippen molar-refractivity contribution in [2.45, 2.75) is 31.8 Å². The van der Waals surface area contributed by atoms with Crippen LogP contribution < -0.4 is 0 Å². The molecule has 0 radical (unpaired) electrons. The van der Waals surface area contributed by atoms with Crippen LogP contribution in [-0.2, 0) is 11.3 Å². The van der Waals surface area contributed by atoms with Crippen LogP contribution in [0.1, 0.15) is 25.0 Å². The number of hydrogen-bond acceptors (Lipinski definition) is 3. The fourth-order valence-corrected chi connectivity index (χ4v) is 4.22. The Morgan fingerprint density at radius 2 is 2.26 bits per heavy atom. The van der Waals surface area contributed by atoms with E-state index in [-0.39, 0.29) is 6.04 Å². The summed E-state index contributed by atoms with van der Waals surface area (Å²) in [6.45, 7) is 1.44. The number of carboxylic acid groups (broad SMARTS) is 1. The Kier molecular flexibility index (Phi) is 3.75. The highest BCUT2D eigenvalue weighted by Gasteiger charge is 2.47. The molecule has 1 saturated carbocycles. The molecule has 4 nitrogen and oxygen atoms in total. The highest BCUT2D eigenvalue weighted by Crippen LogP contribution is 2.43. The summed E-state index contributed by atoms with van der Waals surface area (Å²) < 4.78 is 7.09. The van der Waals surface area contributed by atoms with E-state index in [1.165, 1.54) is 6.42 Å². The van der Waals surface area contributed by atoms with Gasteiger partial charge in [0.1, 0.15) is 11.8 Å². The first-order valence-corrected chi connectivity index (χ1v) is 8.05. The van der Waals surface area contributed by atoms with Crippen molar-refractivity contribution in [3.8, 4) is 0 Å². The average Bonchev–Trinajstić information content (AvgIpc) is 2.94. The maximum atomic E-state index is 11.5. The van der Waals surface area contributed by atoms with Crippen LogP contribution in [0.5, 0.6) is 0 Å². The van der Waals surface area contributed by atoms with Crippen molar-refractivity contribution in [1.29, 1.82) is 0 Å². The van der Waals surface area contributed by atoms with Crippen molar-refractivity contribution >= 4 is 37.8 Å². The van der Waals surface area contributed by atoms with Crippen LogP contribution in [0.4, 0.5) is 0 Å². The van der Waals surface area contributed by atoms with E-state index in [1.807, 2.05) is 6.07 Å². The molecule has 1 saturated heterocycles. The molecule has 0 aromatic carbocycles. The first kappa shape index (κ1) is 13.6. The lowest BCUT2D eigenvalue weighted by atomic mass is 9.94. The molecule has 3 rings (SSSR count). The molecule has 6 heteroatoms. The minimum atomic E-state index is -0.695. The minimum absolute atomic E-state index is 0.319. The molecule has 2 aliphatic rings. The third kappa shape index (κ3) is 2.50. The quantitative estimate of drug-likeness (QED) is 0.855. The van der Waals surface area contributed by atoms with Crippen LogP contribution in [0, 0.1) is 11.8 Å². The zero-order valence-electron chi connectivity index (χ0n) is 10.3. The van der Waals surface area contributed by atoms with Gasteiger partial charge in [-0.3, -0.25) is 9.69 Å². The molecule has 0 spiro atoms. The number of nitrogens with zero attached hydrogens (tertiary/aromatic N) is 1. The third-order valence-corrected chi connectivity index (χ3v) is 6.00. The average molecular weight is 393 g/mol. The van der Waals surface area contributed by atoms with Crippen molar-refractivity contribution < 1.29 is 14.3 Å². The van der Waals surface area contributed by atoms with Crippen LogP contribution >= 0.6 is 31.9 Å². The molecule has 1 aliphatic carbocycles. The second-order valence-electron chi connectivity index (χ2n) is 5.40. The minimum Gasteiger partial charge on any atom is -0.480 e.